The molecule has 1 aromatic heterocycles. The van der Waals surface area contributed by atoms with Crippen LogP contribution in [0.5, 0.6) is 0 Å². The molecule has 4 nitrogen and oxygen atoms in total. The molecule has 4 heteroatoms. The Morgan fingerprint density at radius 2 is 1.09 bits per heavy atom. The Balaban J connectivity index is 1.22. The molecule has 0 fully saturated rings. The van der Waals surface area contributed by atoms with Gasteiger partial charge >= 0.3 is 0 Å². The molecule has 2 unspecified atom stereocenters. The maximum atomic E-state index is 5.34. The summed E-state index contributed by atoms with van der Waals surface area (Å²) in [5.74, 6) is 0.884. The Morgan fingerprint density at radius 1 is 0.472 bits per heavy atom. The van der Waals surface area contributed by atoms with Crippen LogP contribution in [0.15, 0.2) is 187 Å². The van der Waals surface area contributed by atoms with Gasteiger partial charge in [0.05, 0.1) is 11.0 Å². The summed E-state index contributed by atoms with van der Waals surface area (Å²) in [7, 11) is 0. The van der Waals surface area contributed by atoms with Crippen molar-refractivity contribution in [3.8, 4) is 5.69 Å². The van der Waals surface area contributed by atoms with Gasteiger partial charge in [-0.2, -0.15) is 0 Å². The minimum absolute atomic E-state index is 0.221. The lowest BCUT2D eigenvalue weighted by Crippen LogP contribution is -2.45. The lowest BCUT2D eigenvalue weighted by atomic mass is 9.89. The highest BCUT2D eigenvalue weighted by molar-refractivity contribution is 6.37. The monoisotopic (exact) mass is 678 g/mol. The van der Waals surface area contributed by atoms with Crippen LogP contribution in [0.3, 0.4) is 0 Å². The van der Waals surface area contributed by atoms with Crippen molar-refractivity contribution in [1.29, 1.82) is 0 Å². The Hall–Kier alpha value is -6.75. The smallest absolute Gasteiger partial charge is 0.132 e. The fourth-order valence-electron chi connectivity index (χ4n) is 8.73. The minimum atomic E-state index is -0.242. The van der Waals surface area contributed by atoms with Crippen LogP contribution in [0.25, 0.3) is 70.6 Å². The number of hydrogen-bond acceptors (Lipinski definition) is 3. The Labute approximate surface area is 306 Å². The minimum Gasteiger partial charge on any atom is -0.350 e. The molecule has 0 aliphatic carbocycles. The van der Waals surface area contributed by atoms with Crippen LogP contribution in [0.4, 0.5) is 0 Å². The van der Waals surface area contributed by atoms with E-state index in [1.807, 2.05) is 0 Å². The van der Waals surface area contributed by atoms with Gasteiger partial charge in [-0.25, -0.2) is 4.99 Å². The van der Waals surface area contributed by atoms with E-state index in [4.69, 9.17) is 4.99 Å². The average Bonchev–Trinajstić information content (AvgIpc) is 3.59. The molecule has 1 aliphatic rings. The Bertz CT molecular complexity index is 3060. The zero-order chi connectivity index (χ0) is 34.9. The van der Waals surface area contributed by atoms with E-state index < -0.39 is 0 Å². The van der Waals surface area contributed by atoms with Gasteiger partial charge in [-0.05, 0) is 67.7 Å². The first-order valence-electron chi connectivity index (χ1n) is 18.3. The largest absolute Gasteiger partial charge is 0.350 e. The summed E-state index contributed by atoms with van der Waals surface area (Å²) in [5.41, 5.74) is 7.02. The molecule has 0 saturated heterocycles. The molecule has 9 aromatic carbocycles. The molecule has 2 N–H and O–H groups in total. The van der Waals surface area contributed by atoms with Crippen LogP contribution in [0.2, 0.25) is 0 Å². The van der Waals surface area contributed by atoms with Crippen LogP contribution >= 0.6 is 0 Å². The maximum Gasteiger partial charge on any atom is 0.132 e. The second kappa shape index (κ2) is 11.9. The summed E-state index contributed by atoms with van der Waals surface area (Å²) in [6.45, 7) is 0. The molecule has 0 radical (unpaired) electrons. The van der Waals surface area contributed by atoms with Crippen molar-refractivity contribution in [3.63, 3.8) is 0 Å². The predicted molar refractivity (Wildman–Crippen MR) is 222 cm³/mol. The molecule has 2 atom stereocenters. The number of aromatic nitrogens is 1. The van der Waals surface area contributed by atoms with Crippen molar-refractivity contribution >= 4 is 70.7 Å². The number of nitrogens with one attached hydrogen (secondary N) is 2. The SMILES string of the molecule is c1ccc(C2N=C(c3cccc4ccccc34)NC(c3cc4c5ccccc5c5c(c6ccccc6n5-c5ccccc5)c4c4ccccc34)N2)cc1. The first-order valence-corrected chi connectivity index (χ1v) is 18.3. The van der Waals surface area contributed by atoms with Crippen molar-refractivity contribution in [1.82, 2.24) is 15.2 Å². The van der Waals surface area contributed by atoms with E-state index in [1.165, 1.54) is 70.5 Å². The lowest BCUT2D eigenvalue weighted by Gasteiger charge is -2.33. The number of fused-ring (bicyclic) bond motifs is 11. The summed E-state index contributed by atoms with van der Waals surface area (Å²) in [5, 5.41) is 20.2. The summed E-state index contributed by atoms with van der Waals surface area (Å²) < 4.78 is 2.46. The summed E-state index contributed by atoms with van der Waals surface area (Å²) in [4.78, 5) is 5.34. The molecular weight excluding hydrogens is 645 g/mol. The van der Waals surface area contributed by atoms with E-state index in [9.17, 15) is 0 Å². The molecule has 0 bridgehead atoms. The molecule has 0 amide bonds. The molecule has 0 spiro atoms. The van der Waals surface area contributed by atoms with Crippen LogP contribution in [0.1, 0.15) is 29.0 Å². The van der Waals surface area contributed by atoms with Gasteiger partial charge in [0, 0.05) is 32.8 Å². The molecular formula is C49H34N4. The van der Waals surface area contributed by atoms with Gasteiger partial charge in [0.1, 0.15) is 18.2 Å². The highest BCUT2D eigenvalue weighted by Crippen LogP contribution is 2.46. The van der Waals surface area contributed by atoms with Gasteiger partial charge in [-0.3, -0.25) is 5.32 Å². The molecule has 250 valence electrons. The Kier molecular flexibility index (Phi) is 6.73. The van der Waals surface area contributed by atoms with E-state index in [0.717, 1.165) is 22.6 Å². The van der Waals surface area contributed by atoms with Crippen molar-refractivity contribution in [2.24, 2.45) is 4.99 Å². The van der Waals surface area contributed by atoms with Crippen LogP contribution in [0, 0.1) is 0 Å². The number of hydrogen-bond donors (Lipinski definition) is 2. The summed E-state index contributed by atoms with van der Waals surface area (Å²) >= 11 is 0. The normalized spacial score (nSPS) is 16.1. The van der Waals surface area contributed by atoms with Crippen LogP contribution in [-0.2, 0) is 0 Å². The van der Waals surface area contributed by atoms with E-state index in [1.54, 1.807) is 0 Å². The zero-order valence-electron chi connectivity index (χ0n) is 28.9. The van der Waals surface area contributed by atoms with Gasteiger partial charge in [0.15, 0.2) is 0 Å². The van der Waals surface area contributed by atoms with E-state index >= 15 is 0 Å². The zero-order valence-corrected chi connectivity index (χ0v) is 28.9. The Morgan fingerprint density at radius 3 is 1.91 bits per heavy atom. The molecule has 2 heterocycles. The van der Waals surface area contributed by atoms with Crippen molar-refractivity contribution in [3.05, 3.63) is 199 Å². The van der Waals surface area contributed by atoms with E-state index in [0.29, 0.717) is 0 Å². The molecule has 0 saturated carbocycles. The molecule has 10 aromatic rings. The lowest BCUT2D eigenvalue weighted by molar-refractivity contribution is 0.411. The number of rotatable bonds is 4. The molecule has 1 aliphatic heterocycles. The van der Waals surface area contributed by atoms with E-state index in [2.05, 4.69) is 197 Å². The van der Waals surface area contributed by atoms with Gasteiger partial charge in [-0.15, -0.1) is 0 Å². The third-order valence-electron chi connectivity index (χ3n) is 11.0. The number of amidine groups is 1. The third-order valence-corrected chi connectivity index (χ3v) is 11.0. The summed E-state index contributed by atoms with van der Waals surface area (Å²) in [6.07, 6.45) is -0.463. The number of benzene rings is 9. The number of nitrogens with zero attached hydrogens (tertiary/aromatic N) is 2. The van der Waals surface area contributed by atoms with Crippen LogP contribution in [-0.4, -0.2) is 10.4 Å². The van der Waals surface area contributed by atoms with Gasteiger partial charge < -0.3 is 9.88 Å². The third kappa shape index (κ3) is 4.63. The first-order chi connectivity index (χ1) is 26.3. The average molecular weight is 679 g/mol. The second-order valence-corrected chi connectivity index (χ2v) is 14.0. The van der Waals surface area contributed by atoms with Crippen LogP contribution < -0.4 is 10.6 Å². The van der Waals surface area contributed by atoms with Crippen molar-refractivity contribution < 1.29 is 0 Å². The quantitative estimate of drug-likeness (QED) is 0.182. The highest BCUT2D eigenvalue weighted by Gasteiger charge is 2.29. The van der Waals surface area contributed by atoms with Gasteiger partial charge in [-0.1, -0.05) is 158 Å². The second-order valence-electron chi connectivity index (χ2n) is 14.0. The van der Waals surface area contributed by atoms with Crippen molar-refractivity contribution in [2.75, 3.05) is 0 Å². The topological polar surface area (TPSA) is 41.4 Å². The molecule has 11 rings (SSSR count). The first kappa shape index (κ1) is 29.9. The number of para-hydroxylation sites is 2. The summed E-state index contributed by atoms with van der Waals surface area (Å²) in [6, 6.07) is 65.6. The van der Waals surface area contributed by atoms with E-state index in [-0.39, 0.29) is 12.3 Å². The van der Waals surface area contributed by atoms with Crippen molar-refractivity contribution in [2.45, 2.75) is 12.3 Å². The highest BCUT2D eigenvalue weighted by atomic mass is 15.3. The fourth-order valence-corrected chi connectivity index (χ4v) is 8.73. The predicted octanol–water partition coefficient (Wildman–Crippen LogP) is 11.7. The number of aliphatic imine (C=N–C) groups is 1. The van der Waals surface area contributed by atoms with Gasteiger partial charge in [0.2, 0.25) is 0 Å². The van der Waals surface area contributed by atoms with Gasteiger partial charge in [0.25, 0.3) is 0 Å². The maximum absolute atomic E-state index is 5.34. The standard InChI is InChI=1S/C49H34N4/c1-3-17-32(18-4-1)47-50-48(39-28-15-19-31-16-7-8-22-34(31)39)52-49(51-47)42-30-41-36-24-10-12-26-38(36)46-45(44(41)37-25-11-9-23-35(37)42)40-27-13-14-29-43(40)53(46)33-20-5-2-6-21-33/h1-30,47,49,51H,(H,50,52). The fraction of sp³-hybridized carbons (Fsp3) is 0.0408. The molecule has 53 heavy (non-hydrogen) atoms.